The van der Waals surface area contributed by atoms with Gasteiger partial charge in [0.05, 0.1) is 0 Å². The molecule has 88 valence electrons. The Labute approximate surface area is 94.8 Å². The molecule has 0 amide bonds. The quantitative estimate of drug-likeness (QED) is 0.795. The van der Waals surface area contributed by atoms with E-state index in [4.69, 9.17) is 17.3 Å². The Morgan fingerprint density at radius 3 is 2.44 bits per heavy atom. The van der Waals surface area contributed by atoms with E-state index in [2.05, 4.69) is 10.3 Å². The summed E-state index contributed by atoms with van der Waals surface area (Å²) in [7, 11) is 0. The van der Waals surface area contributed by atoms with E-state index < -0.39 is 11.7 Å². The molecule has 1 aromatic heterocycles. The van der Waals surface area contributed by atoms with Crippen LogP contribution in [-0.2, 0) is 0 Å². The van der Waals surface area contributed by atoms with Crippen molar-refractivity contribution in [3.8, 4) is 0 Å². The van der Waals surface area contributed by atoms with Crippen molar-refractivity contribution >= 4 is 23.1 Å². The van der Waals surface area contributed by atoms with Crippen molar-refractivity contribution in [3.63, 3.8) is 0 Å². The minimum Gasteiger partial charge on any atom is -0.399 e. The summed E-state index contributed by atoms with van der Waals surface area (Å²) in [5.74, 6) is 0.0554. The van der Waals surface area contributed by atoms with Crippen molar-refractivity contribution in [2.45, 2.75) is 24.6 Å². The molecule has 0 unspecified atom stereocenters. The smallest absolute Gasteiger partial charge is 0.399 e. The molecular weight excluding hydrogens is 243 g/mol. The Bertz CT molecular complexity index is 395. The van der Waals surface area contributed by atoms with Gasteiger partial charge in [-0.2, -0.15) is 13.2 Å². The van der Waals surface area contributed by atoms with Crippen molar-refractivity contribution in [2.24, 2.45) is 0 Å². The van der Waals surface area contributed by atoms with E-state index in [0.717, 1.165) is 0 Å². The van der Waals surface area contributed by atoms with E-state index in [-0.39, 0.29) is 29.5 Å². The summed E-state index contributed by atoms with van der Waals surface area (Å²) in [6, 6.07) is 2.71. The van der Waals surface area contributed by atoms with Gasteiger partial charge in [-0.25, -0.2) is 4.98 Å². The summed E-state index contributed by atoms with van der Waals surface area (Å²) in [5, 5.41) is 2.42. The Morgan fingerprint density at radius 1 is 1.38 bits per heavy atom. The summed E-state index contributed by atoms with van der Waals surface area (Å²) >= 11 is 5.60. The maximum absolute atomic E-state index is 12.6. The van der Waals surface area contributed by atoms with Crippen molar-refractivity contribution in [1.29, 1.82) is 0 Å². The molecule has 3 nitrogen and oxygen atoms in total. The number of anilines is 2. The molecule has 1 saturated carbocycles. The molecule has 0 aliphatic heterocycles. The number of rotatable bonds is 2. The Kier molecular flexibility index (Phi) is 2.41. The monoisotopic (exact) mass is 251 g/mol. The lowest BCUT2D eigenvalue weighted by Gasteiger charge is -2.21. The zero-order chi connectivity index (χ0) is 12.0. The van der Waals surface area contributed by atoms with E-state index in [1.165, 1.54) is 12.1 Å². The van der Waals surface area contributed by atoms with Crippen molar-refractivity contribution in [2.75, 3.05) is 11.1 Å². The molecule has 0 bridgehead atoms. The molecule has 3 N–H and O–H groups in total. The van der Waals surface area contributed by atoms with Crippen LogP contribution in [0.4, 0.5) is 24.7 Å². The second-order valence-electron chi connectivity index (χ2n) is 3.81. The van der Waals surface area contributed by atoms with Crippen LogP contribution in [0.3, 0.4) is 0 Å². The molecule has 16 heavy (non-hydrogen) atoms. The highest BCUT2D eigenvalue weighted by Crippen LogP contribution is 2.51. The number of hydrogen-bond donors (Lipinski definition) is 2. The number of alkyl halides is 3. The van der Waals surface area contributed by atoms with E-state index >= 15 is 0 Å². The zero-order valence-electron chi connectivity index (χ0n) is 8.11. The molecule has 2 rings (SSSR count). The fraction of sp³-hybridized carbons (Fsp3) is 0.444. The van der Waals surface area contributed by atoms with Gasteiger partial charge in [-0.05, 0) is 18.9 Å². The molecule has 1 aromatic rings. The van der Waals surface area contributed by atoms with Gasteiger partial charge in [-0.15, -0.1) is 0 Å². The highest BCUT2D eigenvalue weighted by atomic mass is 35.5. The number of nitrogens with zero attached hydrogens (tertiary/aromatic N) is 1. The number of aromatic nitrogens is 1. The average molecular weight is 252 g/mol. The molecular formula is C9H9ClF3N3. The highest BCUT2D eigenvalue weighted by Gasteiger charge is 2.63. The van der Waals surface area contributed by atoms with Crippen LogP contribution in [0.5, 0.6) is 0 Å². The van der Waals surface area contributed by atoms with Gasteiger partial charge in [0.2, 0.25) is 0 Å². The Balaban J connectivity index is 2.22. The highest BCUT2D eigenvalue weighted by molar-refractivity contribution is 6.29. The van der Waals surface area contributed by atoms with Crippen LogP contribution < -0.4 is 11.1 Å². The van der Waals surface area contributed by atoms with Crippen molar-refractivity contribution in [1.82, 2.24) is 4.98 Å². The van der Waals surface area contributed by atoms with Gasteiger partial charge in [0.1, 0.15) is 16.5 Å². The minimum absolute atomic E-state index is 0.0462. The predicted octanol–water partition coefficient (Wildman–Crippen LogP) is 2.82. The van der Waals surface area contributed by atoms with E-state index in [1.54, 1.807) is 0 Å². The Hall–Kier alpha value is -1.17. The summed E-state index contributed by atoms with van der Waals surface area (Å²) in [6.07, 6.45) is -4.19. The summed E-state index contributed by atoms with van der Waals surface area (Å²) < 4.78 is 37.9. The number of nitrogen functional groups attached to an aromatic ring is 1. The van der Waals surface area contributed by atoms with Crippen molar-refractivity contribution in [3.05, 3.63) is 17.3 Å². The molecule has 1 aliphatic carbocycles. The number of nitrogens with two attached hydrogens (primary N) is 1. The summed E-state index contributed by atoms with van der Waals surface area (Å²) in [4.78, 5) is 3.75. The third-order valence-electron chi connectivity index (χ3n) is 2.48. The van der Waals surface area contributed by atoms with Crippen LogP contribution in [0, 0.1) is 0 Å². The van der Waals surface area contributed by atoms with Crippen LogP contribution in [0.1, 0.15) is 12.8 Å². The standard InChI is InChI=1S/C9H9ClF3N3/c10-6-3-5(14)4-7(15-6)16-8(1-2-8)9(11,12)13/h3-4H,1-2H2,(H3,14,15,16). The van der Waals surface area contributed by atoms with Gasteiger partial charge in [-0.3, -0.25) is 0 Å². The third-order valence-corrected chi connectivity index (χ3v) is 2.67. The number of pyridine rings is 1. The van der Waals surface area contributed by atoms with Gasteiger partial charge in [-0.1, -0.05) is 11.6 Å². The fourth-order valence-electron chi connectivity index (χ4n) is 1.43. The topological polar surface area (TPSA) is 50.9 Å². The number of hydrogen-bond acceptors (Lipinski definition) is 3. The van der Waals surface area contributed by atoms with Gasteiger partial charge < -0.3 is 11.1 Å². The van der Waals surface area contributed by atoms with E-state index in [1.807, 2.05) is 0 Å². The van der Waals surface area contributed by atoms with Crippen LogP contribution in [0.2, 0.25) is 5.15 Å². The largest absolute Gasteiger partial charge is 0.411 e. The van der Waals surface area contributed by atoms with Crippen LogP contribution >= 0.6 is 11.6 Å². The average Bonchev–Trinajstić information content (AvgIpc) is 2.81. The van der Waals surface area contributed by atoms with Gasteiger partial charge in [0, 0.05) is 11.8 Å². The number of halogens is 4. The molecule has 0 atom stereocenters. The van der Waals surface area contributed by atoms with Crippen LogP contribution in [0.15, 0.2) is 12.1 Å². The maximum Gasteiger partial charge on any atom is 0.411 e. The van der Waals surface area contributed by atoms with Crippen LogP contribution in [-0.4, -0.2) is 16.7 Å². The summed E-state index contributed by atoms with van der Waals surface area (Å²) in [5.41, 5.74) is 3.89. The molecule has 1 aliphatic rings. The molecule has 0 radical (unpaired) electrons. The lowest BCUT2D eigenvalue weighted by molar-refractivity contribution is -0.151. The van der Waals surface area contributed by atoms with Gasteiger partial charge in [0.15, 0.2) is 0 Å². The van der Waals surface area contributed by atoms with Gasteiger partial charge in [0.25, 0.3) is 0 Å². The minimum atomic E-state index is -4.29. The first-order valence-corrected chi connectivity index (χ1v) is 4.98. The molecule has 1 fully saturated rings. The molecule has 7 heteroatoms. The summed E-state index contributed by atoms with van der Waals surface area (Å²) in [6.45, 7) is 0. The first-order chi connectivity index (χ1) is 7.32. The van der Waals surface area contributed by atoms with E-state index in [9.17, 15) is 13.2 Å². The van der Waals surface area contributed by atoms with Gasteiger partial charge >= 0.3 is 6.18 Å². The molecule has 1 heterocycles. The SMILES string of the molecule is Nc1cc(Cl)nc(NC2(C(F)(F)F)CC2)c1. The van der Waals surface area contributed by atoms with Crippen LogP contribution in [0.25, 0.3) is 0 Å². The first kappa shape index (κ1) is 11.3. The van der Waals surface area contributed by atoms with Crippen molar-refractivity contribution < 1.29 is 13.2 Å². The molecule has 0 saturated heterocycles. The second-order valence-corrected chi connectivity index (χ2v) is 4.20. The maximum atomic E-state index is 12.6. The predicted molar refractivity (Wildman–Crippen MR) is 55.3 cm³/mol. The molecule has 0 spiro atoms. The molecule has 0 aromatic carbocycles. The fourth-order valence-corrected chi connectivity index (χ4v) is 1.65. The zero-order valence-corrected chi connectivity index (χ0v) is 8.86. The third kappa shape index (κ3) is 2.02. The Morgan fingerprint density at radius 2 is 2.00 bits per heavy atom. The normalized spacial score (nSPS) is 18.2. The van der Waals surface area contributed by atoms with E-state index in [0.29, 0.717) is 0 Å². The first-order valence-electron chi connectivity index (χ1n) is 4.60. The lowest BCUT2D eigenvalue weighted by Crippen LogP contribution is -2.38. The second kappa shape index (κ2) is 3.41. The lowest BCUT2D eigenvalue weighted by atomic mass is 10.2. The number of nitrogens with one attached hydrogen (secondary N) is 1.